The molecule has 0 spiro atoms. The molecule has 1 amide bonds. The summed E-state index contributed by atoms with van der Waals surface area (Å²) in [6.45, 7) is 6.38. The fourth-order valence-electron chi connectivity index (χ4n) is 2.90. The van der Waals surface area contributed by atoms with Crippen molar-refractivity contribution in [2.24, 2.45) is 0 Å². The highest BCUT2D eigenvalue weighted by Gasteiger charge is 2.34. The molecule has 1 saturated heterocycles. The minimum Gasteiger partial charge on any atom is -0.444 e. The Bertz CT molecular complexity index is 746. The van der Waals surface area contributed by atoms with Gasteiger partial charge in [0.1, 0.15) is 5.60 Å². The molecule has 0 unspecified atom stereocenters. The second kappa shape index (κ2) is 8.27. The molecule has 0 saturated carbocycles. The highest BCUT2D eigenvalue weighted by Crippen LogP contribution is 2.24. The van der Waals surface area contributed by atoms with E-state index in [2.05, 4.69) is 15.9 Å². The number of benzene rings is 1. The number of piperidine rings is 1. The molecule has 0 radical (unpaired) electrons. The number of rotatable bonds is 4. The number of hydrogen-bond donors (Lipinski definition) is 0. The van der Waals surface area contributed by atoms with Crippen LogP contribution in [-0.2, 0) is 20.1 Å². The third-order valence-electron chi connectivity index (χ3n) is 4.29. The Morgan fingerprint density at radius 1 is 1.38 bits per heavy atom. The van der Waals surface area contributed by atoms with Crippen LogP contribution in [0.3, 0.4) is 0 Å². The lowest BCUT2D eigenvalue weighted by molar-refractivity contribution is 0.0163. The number of likely N-dealkylation sites (N-methyl/N-ethyl adjacent to an activating group) is 1. The van der Waals surface area contributed by atoms with Gasteiger partial charge >= 0.3 is 6.09 Å². The summed E-state index contributed by atoms with van der Waals surface area (Å²) in [5.41, 5.74) is 0.330. The van der Waals surface area contributed by atoms with E-state index in [4.69, 9.17) is 4.74 Å². The van der Waals surface area contributed by atoms with E-state index in [1.54, 1.807) is 30.1 Å². The van der Waals surface area contributed by atoms with Gasteiger partial charge in [0.2, 0.25) is 10.0 Å². The summed E-state index contributed by atoms with van der Waals surface area (Å²) < 4.78 is 32.8. The number of ether oxygens (including phenoxy) is 1. The van der Waals surface area contributed by atoms with Gasteiger partial charge in [-0.05, 0) is 51.3 Å². The molecule has 1 fully saturated rings. The van der Waals surface area contributed by atoms with Crippen molar-refractivity contribution in [2.45, 2.75) is 55.5 Å². The minimum atomic E-state index is -3.62. The van der Waals surface area contributed by atoms with E-state index in [1.807, 2.05) is 26.8 Å². The average molecular weight is 447 g/mol. The predicted molar refractivity (Wildman–Crippen MR) is 105 cm³/mol. The Morgan fingerprint density at radius 2 is 2.08 bits per heavy atom. The maximum atomic E-state index is 13.0. The number of carbonyl (C=O) groups is 1. The van der Waals surface area contributed by atoms with Gasteiger partial charge in [-0.25, -0.2) is 13.2 Å². The van der Waals surface area contributed by atoms with E-state index in [0.717, 1.165) is 12.0 Å². The fourth-order valence-corrected chi connectivity index (χ4v) is 4.69. The monoisotopic (exact) mass is 446 g/mol. The van der Waals surface area contributed by atoms with Crippen LogP contribution < -0.4 is 0 Å². The molecule has 26 heavy (non-hydrogen) atoms. The van der Waals surface area contributed by atoms with E-state index < -0.39 is 21.7 Å². The highest BCUT2D eigenvalue weighted by molar-refractivity contribution is 9.08. The number of nitrogens with zero attached hydrogens (tertiary/aromatic N) is 2. The Hall–Kier alpha value is -1.12. The van der Waals surface area contributed by atoms with Crippen LogP contribution in [0.1, 0.15) is 39.2 Å². The van der Waals surface area contributed by atoms with Gasteiger partial charge in [-0.15, -0.1) is 0 Å². The Balaban J connectivity index is 2.15. The van der Waals surface area contributed by atoms with Crippen molar-refractivity contribution in [2.75, 3.05) is 20.1 Å². The minimum absolute atomic E-state index is 0.270. The van der Waals surface area contributed by atoms with Crippen molar-refractivity contribution in [1.29, 1.82) is 0 Å². The zero-order chi connectivity index (χ0) is 19.5. The number of hydrogen-bond acceptors (Lipinski definition) is 4. The van der Waals surface area contributed by atoms with Crippen molar-refractivity contribution in [3.63, 3.8) is 0 Å². The van der Waals surface area contributed by atoms with Gasteiger partial charge in [0.15, 0.2) is 0 Å². The van der Waals surface area contributed by atoms with Crippen LogP contribution in [0.25, 0.3) is 0 Å². The van der Waals surface area contributed by atoms with Gasteiger partial charge in [0.05, 0.1) is 4.90 Å². The third-order valence-corrected chi connectivity index (χ3v) is 6.85. The summed E-state index contributed by atoms with van der Waals surface area (Å²) >= 11 is 3.35. The van der Waals surface area contributed by atoms with E-state index in [1.165, 1.54) is 4.31 Å². The molecule has 0 N–H and O–H groups in total. The molecule has 1 aromatic carbocycles. The standard InChI is InChI=1S/C18H27BrN2O4S/c1-18(2,3)25-17(22)21-10-6-8-15(13-21)20(4)26(23,24)16-9-5-7-14(11-16)12-19/h5,7,9,11,15H,6,8,10,12-13H2,1-4H3/t15-/m0/s1. The second-order valence-corrected chi connectivity index (χ2v) is 10.1. The molecule has 1 aromatic rings. The number of alkyl halides is 1. The predicted octanol–water partition coefficient (Wildman–Crippen LogP) is 3.60. The summed E-state index contributed by atoms with van der Waals surface area (Å²) in [6, 6.07) is 6.62. The van der Waals surface area contributed by atoms with Crippen LogP contribution in [0, 0.1) is 0 Å². The molecule has 1 aliphatic rings. The molecule has 1 heterocycles. The summed E-state index contributed by atoms with van der Waals surface area (Å²) in [7, 11) is -2.04. The van der Waals surface area contributed by atoms with E-state index >= 15 is 0 Å². The van der Waals surface area contributed by atoms with Crippen molar-refractivity contribution >= 4 is 32.0 Å². The van der Waals surface area contributed by atoms with Crippen LogP contribution in [0.5, 0.6) is 0 Å². The smallest absolute Gasteiger partial charge is 0.410 e. The number of halogens is 1. The topological polar surface area (TPSA) is 66.9 Å². The molecule has 1 atom stereocenters. The van der Waals surface area contributed by atoms with E-state index in [0.29, 0.717) is 24.8 Å². The molecule has 146 valence electrons. The molecule has 6 nitrogen and oxygen atoms in total. The maximum absolute atomic E-state index is 13.0. The lowest BCUT2D eigenvalue weighted by Gasteiger charge is -2.37. The molecule has 8 heteroatoms. The number of sulfonamides is 1. The Kier molecular flexibility index (Phi) is 6.74. The quantitative estimate of drug-likeness (QED) is 0.662. The molecule has 1 aliphatic heterocycles. The van der Waals surface area contributed by atoms with Crippen molar-refractivity contribution in [3.8, 4) is 0 Å². The zero-order valence-corrected chi connectivity index (χ0v) is 18.1. The summed E-state index contributed by atoms with van der Waals surface area (Å²) in [5, 5.41) is 0.593. The van der Waals surface area contributed by atoms with Gasteiger partial charge in [0.25, 0.3) is 0 Å². The van der Waals surface area contributed by atoms with Crippen molar-refractivity contribution in [3.05, 3.63) is 29.8 Å². The molecule has 2 rings (SSSR count). The van der Waals surface area contributed by atoms with Gasteiger partial charge in [-0.1, -0.05) is 28.1 Å². The first-order valence-electron chi connectivity index (χ1n) is 8.65. The maximum Gasteiger partial charge on any atom is 0.410 e. The van der Waals surface area contributed by atoms with Crippen LogP contribution in [0.4, 0.5) is 4.79 Å². The van der Waals surface area contributed by atoms with Crippen LogP contribution >= 0.6 is 15.9 Å². The third kappa shape index (κ3) is 5.20. The van der Waals surface area contributed by atoms with E-state index in [-0.39, 0.29) is 10.9 Å². The first kappa shape index (κ1) is 21.2. The van der Waals surface area contributed by atoms with Crippen molar-refractivity contribution in [1.82, 2.24) is 9.21 Å². The normalized spacial score (nSPS) is 18.8. The van der Waals surface area contributed by atoms with Crippen LogP contribution in [0.15, 0.2) is 29.2 Å². The first-order chi connectivity index (χ1) is 12.0. The molecular formula is C18H27BrN2O4S. The number of amides is 1. The largest absolute Gasteiger partial charge is 0.444 e. The van der Waals surface area contributed by atoms with Gasteiger partial charge in [-0.2, -0.15) is 4.31 Å². The fraction of sp³-hybridized carbons (Fsp3) is 0.611. The highest BCUT2D eigenvalue weighted by atomic mass is 79.9. The number of likely N-dealkylation sites (tertiary alicyclic amines) is 1. The van der Waals surface area contributed by atoms with Gasteiger partial charge in [-0.3, -0.25) is 0 Å². The number of carbonyl (C=O) groups excluding carboxylic acids is 1. The lowest BCUT2D eigenvalue weighted by Crippen LogP contribution is -2.51. The summed E-state index contributed by atoms with van der Waals surface area (Å²) in [4.78, 5) is 14.2. The van der Waals surface area contributed by atoms with E-state index in [9.17, 15) is 13.2 Å². The van der Waals surface area contributed by atoms with Crippen LogP contribution in [0.2, 0.25) is 0 Å². The second-order valence-electron chi connectivity index (χ2n) is 7.52. The Labute approximate surface area is 164 Å². The summed E-state index contributed by atoms with van der Waals surface area (Å²) in [6.07, 6.45) is 1.06. The molecule has 0 aliphatic carbocycles. The summed E-state index contributed by atoms with van der Waals surface area (Å²) in [5.74, 6) is 0. The van der Waals surface area contributed by atoms with Crippen LogP contribution in [-0.4, -0.2) is 55.5 Å². The van der Waals surface area contributed by atoms with Gasteiger partial charge in [0, 0.05) is 31.5 Å². The average Bonchev–Trinajstić information content (AvgIpc) is 2.59. The molecule has 0 bridgehead atoms. The first-order valence-corrected chi connectivity index (χ1v) is 11.2. The Morgan fingerprint density at radius 3 is 2.69 bits per heavy atom. The molecule has 0 aromatic heterocycles. The van der Waals surface area contributed by atoms with Gasteiger partial charge < -0.3 is 9.64 Å². The SMILES string of the molecule is CN([C@H]1CCCN(C(=O)OC(C)(C)C)C1)S(=O)(=O)c1cccc(CBr)c1. The lowest BCUT2D eigenvalue weighted by atomic mass is 10.1. The zero-order valence-electron chi connectivity index (χ0n) is 15.7. The van der Waals surface area contributed by atoms with Crippen molar-refractivity contribution < 1.29 is 17.9 Å². The molecular weight excluding hydrogens is 420 g/mol.